The summed E-state index contributed by atoms with van der Waals surface area (Å²) in [5, 5.41) is 0. The van der Waals surface area contributed by atoms with E-state index >= 15 is 0 Å². The first-order valence-corrected chi connectivity index (χ1v) is 8.27. The molecular weight excluding hydrogens is 220 g/mol. The van der Waals surface area contributed by atoms with E-state index in [9.17, 15) is 0 Å². The van der Waals surface area contributed by atoms with Gasteiger partial charge in [0.05, 0.1) is 0 Å². The summed E-state index contributed by atoms with van der Waals surface area (Å²) in [5.74, 6) is 0. The van der Waals surface area contributed by atoms with Gasteiger partial charge in [0.25, 0.3) is 0 Å². The van der Waals surface area contributed by atoms with Crippen molar-refractivity contribution in [3.05, 3.63) is 0 Å². The smallest absolute Gasteiger partial charge is 0.0105 e. The number of unbranched alkanes of at least 4 members (excludes halogenated alkanes) is 8. The van der Waals surface area contributed by atoms with Gasteiger partial charge in [-0.1, -0.05) is 65.2 Å². The Bertz CT molecular complexity index is 134. The highest BCUT2D eigenvalue weighted by Gasteiger charge is 2.03. The van der Waals surface area contributed by atoms with Gasteiger partial charge in [0.2, 0.25) is 0 Å². The number of nitrogens with two attached hydrogens (primary N) is 1. The van der Waals surface area contributed by atoms with Crippen LogP contribution in [-0.2, 0) is 0 Å². The Morgan fingerprint density at radius 2 is 1.06 bits per heavy atom. The van der Waals surface area contributed by atoms with Crippen LogP contribution in [0, 0.1) is 0 Å². The van der Waals surface area contributed by atoms with Crippen LogP contribution in [0.3, 0.4) is 0 Å². The van der Waals surface area contributed by atoms with E-state index in [2.05, 4.69) is 18.7 Å². The van der Waals surface area contributed by atoms with Crippen molar-refractivity contribution < 1.29 is 0 Å². The first-order chi connectivity index (χ1) is 8.85. The normalized spacial score (nSPS) is 11.3. The minimum Gasteiger partial charge on any atom is -0.329 e. The minimum atomic E-state index is 0.809. The molecule has 0 aliphatic rings. The molecule has 2 heteroatoms. The first kappa shape index (κ1) is 17.9. The second-order valence-corrected chi connectivity index (χ2v) is 5.46. The molecule has 0 heterocycles. The summed E-state index contributed by atoms with van der Waals surface area (Å²) in [7, 11) is 0. The molecule has 0 unspecified atom stereocenters. The van der Waals surface area contributed by atoms with Crippen molar-refractivity contribution >= 4 is 0 Å². The van der Waals surface area contributed by atoms with Crippen molar-refractivity contribution in [1.29, 1.82) is 0 Å². The van der Waals surface area contributed by atoms with Crippen LogP contribution in [0.1, 0.15) is 78.1 Å². The molecule has 0 saturated carbocycles. The lowest BCUT2D eigenvalue weighted by Crippen LogP contribution is -2.31. The average molecular weight is 256 g/mol. The molecule has 18 heavy (non-hydrogen) atoms. The van der Waals surface area contributed by atoms with Crippen molar-refractivity contribution in [2.75, 3.05) is 26.2 Å². The third kappa shape index (κ3) is 12.4. The monoisotopic (exact) mass is 256 g/mol. The van der Waals surface area contributed by atoms with Crippen LogP contribution in [0.2, 0.25) is 0 Å². The average Bonchev–Trinajstić information content (AvgIpc) is 2.38. The third-order valence-electron chi connectivity index (χ3n) is 3.60. The van der Waals surface area contributed by atoms with Crippen LogP contribution in [0.4, 0.5) is 0 Å². The van der Waals surface area contributed by atoms with Gasteiger partial charge in [-0.05, 0) is 25.9 Å². The predicted octanol–water partition coefficient (Wildman–Crippen LogP) is 4.19. The van der Waals surface area contributed by atoms with Crippen molar-refractivity contribution in [3.8, 4) is 0 Å². The van der Waals surface area contributed by atoms with Crippen LogP contribution in [0.5, 0.6) is 0 Å². The van der Waals surface area contributed by atoms with E-state index in [1.807, 2.05) is 0 Å². The summed E-state index contributed by atoms with van der Waals surface area (Å²) in [6.07, 6.45) is 13.8. The number of hydrogen-bond donors (Lipinski definition) is 1. The van der Waals surface area contributed by atoms with Crippen LogP contribution < -0.4 is 5.73 Å². The van der Waals surface area contributed by atoms with Crippen molar-refractivity contribution in [2.24, 2.45) is 5.73 Å². The van der Waals surface area contributed by atoms with Gasteiger partial charge in [-0.3, -0.25) is 0 Å². The molecule has 0 aromatic heterocycles. The summed E-state index contributed by atoms with van der Waals surface area (Å²) in [6.45, 7) is 8.96. The van der Waals surface area contributed by atoms with Crippen molar-refractivity contribution in [2.45, 2.75) is 78.1 Å². The molecule has 0 rings (SSSR count). The second kappa shape index (κ2) is 15.0. The topological polar surface area (TPSA) is 29.3 Å². The van der Waals surface area contributed by atoms with Gasteiger partial charge in [-0.2, -0.15) is 0 Å². The lowest BCUT2D eigenvalue weighted by Gasteiger charge is -2.21. The van der Waals surface area contributed by atoms with Crippen LogP contribution >= 0.6 is 0 Å². The zero-order chi connectivity index (χ0) is 13.5. The summed E-state index contributed by atoms with van der Waals surface area (Å²) in [6, 6.07) is 0. The third-order valence-corrected chi connectivity index (χ3v) is 3.60. The summed E-state index contributed by atoms with van der Waals surface area (Å²) < 4.78 is 0. The molecule has 2 nitrogen and oxygen atoms in total. The second-order valence-electron chi connectivity index (χ2n) is 5.46. The molecule has 0 aromatic rings. The van der Waals surface area contributed by atoms with Crippen LogP contribution in [-0.4, -0.2) is 31.1 Å². The molecule has 0 amide bonds. The van der Waals surface area contributed by atoms with E-state index in [4.69, 9.17) is 5.73 Å². The Hall–Kier alpha value is -0.0800. The summed E-state index contributed by atoms with van der Waals surface area (Å²) in [5.41, 5.74) is 5.69. The van der Waals surface area contributed by atoms with Gasteiger partial charge < -0.3 is 10.6 Å². The molecule has 0 aliphatic heterocycles. The van der Waals surface area contributed by atoms with Gasteiger partial charge in [0, 0.05) is 13.1 Å². The zero-order valence-corrected chi connectivity index (χ0v) is 12.9. The lowest BCUT2D eigenvalue weighted by molar-refractivity contribution is 0.267. The summed E-state index contributed by atoms with van der Waals surface area (Å²) in [4.78, 5) is 2.57. The minimum absolute atomic E-state index is 0.809. The molecular formula is C16H36N2. The first-order valence-electron chi connectivity index (χ1n) is 8.27. The van der Waals surface area contributed by atoms with Crippen molar-refractivity contribution in [3.63, 3.8) is 0 Å². The molecule has 0 saturated heterocycles. The van der Waals surface area contributed by atoms with E-state index in [0.717, 1.165) is 13.1 Å². The van der Waals surface area contributed by atoms with E-state index in [0.29, 0.717) is 0 Å². The molecule has 0 fully saturated rings. The maximum absolute atomic E-state index is 5.69. The molecule has 110 valence electrons. The van der Waals surface area contributed by atoms with Gasteiger partial charge in [-0.15, -0.1) is 0 Å². The van der Waals surface area contributed by atoms with Gasteiger partial charge in [0.15, 0.2) is 0 Å². The van der Waals surface area contributed by atoms with Gasteiger partial charge >= 0.3 is 0 Å². The number of hydrogen-bond acceptors (Lipinski definition) is 2. The molecule has 0 bridgehead atoms. The SMILES string of the molecule is CCCCCCCN(CCN)CCCCCCC. The molecule has 2 N–H and O–H groups in total. The summed E-state index contributed by atoms with van der Waals surface area (Å²) >= 11 is 0. The Morgan fingerprint density at radius 1 is 0.611 bits per heavy atom. The Kier molecular flexibility index (Phi) is 14.9. The quantitative estimate of drug-likeness (QED) is 0.472. The lowest BCUT2D eigenvalue weighted by atomic mass is 10.1. The Labute approximate surface area is 115 Å². The molecule has 0 aliphatic carbocycles. The fraction of sp³-hybridized carbons (Fsp3) is 1.00. The predicted molar refractivity (Wildman–Crippen MR) is 83.0 cm³/mol. The van der Waals surface area contributed by atoms with E-state index in [1.54, 1.807) is 0 Å². The fourth-order valence-electron chi connectivity index (χ4n) is 2.40. The number of rotatable bonds is 14. The number of nitrogens with zero attached hydrogens (tertiary/aromatic N) is 1. The Morgan fingerprint density at radius 3 is 1.44 bits per heavy atom. The van der Waals surface area contributed by atoms with Gasteiger partial charge in [0.1, 0.15) is 0 Å². The van der Waals surface area contributed by atoms with Crippen molar-refractivity contribution in [1.82, 2.24) is 4.90 Å². The fourth-order valence-corrected chi connectivity index (χ4v) is 2.40. The largest absolute Gasteiger partial charge is 0.329 e. The van der Waals surface area contributed by atoms with E-state index in [-0.39, 0.29) is 0 Å². The molecule has 0 aromatic carbocycles. The van der Waals surface area contributed by atoms with E-state index in [1.165, 1.54) is 77.3 Å². The standard InChI is InChI=1S/C16H36N2/c1-3-5-7-9-11-14-18(16-13-17)15-12-10-8-6-4-2/h3-17H2,1-2H3. The van der Waals surface area contributed by atoms with Crippen LogP contribution in [0.25, 0.3) is 0 Å². The van der Waals surface area contributed by atoms with Gasteiger partial charge in [-0.25, -0.2) is 0 Å². The van der Waals surface area contributed by atoms with Crippen LogP contribution in [0.15, 0.2) is 0 Å². The maximum atomic E-state index is 5.69. The molecule has 0 spiro atoms. The maximum Gasteiger partial charge on any atom is 0.0105 e. The Balaban J connectivity index is 3.45. The highest BCUT2D eigenvalue weighted by atomic mass is 15.1. The molecule has 0 atom stereocenters. The zero-order valence-electron chi connectivity index (χ0n) is 12.9. The highest BCUT2D eigenvalue weighted by Crippen LogP contribution is 2.06. The van der Waals surface area contributed by atoms with E-state index < -0.39 is 0 Å². The molecule has 0 radical (unpaired) electrons. The highest BCUT2D eigenvalue weighted by molar-refractivity contribution is 4.59.